The van der Waals surface area contributed by atoms with Crippen LogP contribution in [0.2, 0.25) is 0 Å². The molecule has 3 aromatic carbocycles. The summed E-state index contributed by atoms with van der Waals surface area (Å²) < 4.78 is 18.6. The number of phenols is 1. The molecule has 0 unspecified atom stereocenters. The number of hydrogen-bond acceptors (Lipinski definition) is 6. The summed E-state index contributed by atoms with van der Waals surface area (Å²) in [6.07, 6.45) is -1.09. The predicted molar refractivity (Wildman–Crippen MR) is 114 cm³/mol. The number of halogens is 1. The number of benzene rings is 3. The number of rotatable bonds is 4. The Morgan fingerprint density at radius 1 is 0.906 bits per heavy atom. The molecule has 2 fully saturated rings. The van der Waals surface area contributed by atoms with Gasteiger partial charge in [0, 0.05) is 5.56 Å². The third-order valence-electron chi connectivity index (χ3n) is 5.78. The average molecular weight is 434 g/mol. The SMILES string of the molecule is COc1cccc([C@H]2[C@@H]3C(=O)N(c4ccc(F)cc4)C(=O)[C@@H]3ON2c2ccccc2)c1O. The summed E-state index contributed by atoms with van der Waals surface area (Å²) in [6, 6.07) is 18.3. The van der Waals surface area contributed by atoms with Gasteiger partial charge in [-0.1, -0.05) is 30.3 Å². The number of methoxy groups -OCH3 is 1. The van der Waals surface area contributed by atoms with Gasteiger partial charge >= 0.3 is 0 Å². The maximum atomic E-state index is 13.5. The zero-order valence-corrected chi connectivity index (χ0v) is 17.0. The van der Waals surface area contributed by atoms with E-state index >= 15 is 0 Å². The lowest BCUT2D eigenvalue weighted by Crippen LogP contribution is -2.37. The van der Waals surface area contributed by atoms with Crippen molar-refractivity contribution < 1.29 is 28.7 Å². The number of fused-ring (bicyclic) bond motifs is 1. The molecule has 0 aliphatic carbocycles. The van der Waals surface area contributed by atoms with Gasteiger partial charge in [-0.2, -0.15) is 0 Å². The molecule has 0 bridgehead atoms. The van der Waals surface area contributed by atoms with Crippen molar-refractivity contribution in [3.63, 3.8) is 0 Å². The van der Waals surface area contributed by atoms with Crippen LogP contribution in [0.5, 0.6) is 11.5 Å². The number of imide groups is 1. The van der Waals surface area contributed by atoms with Crippen LogP contribution < -0.4 is 14.7 Å². The predicted octanol–water partition coefficient (Wildman–Crippen LogP) is 3.59. The monoisotopic (exact) mass is 434 g/mol. The third-order valence-corrected chi connectivity index (χ3v) is 5.78. The molecule has 2 aliphatic heterocycles. The van der Waals surface area contributed by atoms with E-state index in [9.17, 15) is 19.1 Å². The summed E-state index contributed by atoms with van der Waals surface area (Å²) in [6.45, 7) is 0. The number of ether oxygens (including phenoxy) is 1. The number of amides is 2. The first-order valence-corrected chi connectivity index (χ1v) is 10.0. The van der Waals surface area contributed by atoms with Gasteiger partial charge in [-0.05, 0) is 42.5 Å². The van der Waals surface area contributed by atoms with Gasteiger partial charge in [0.05, 0.1) is 18.5 Å². The topological polar surface area (TPSA) is 79.3 Å². The molecule has 2 aliphatic rings. The summed E-state index contributed by atoms with van der Waals surface area (Å²) in [5.74, 6) is -2.32. The summed E-state index contributed by atoms with van der Waals surface area (Å²) in [5, 5.41) is 12.3. The average Bonchev–Trinajstić information content (AvgIpc) is 3.31. The number of carbonyl (C=O) groups is 2. The van der Waals surface area contributed by atoms with Gasteiger partial charge in [-0.15, -0.1) is 0 Å². The van der Waals surface area contributed by atoms with Crippen molar-refractivity contribution in [3.05, 3.63) is 84.2 Å². The van der Waals surface area contributed by atoms with E-state index in [2.05, 4.69) is 0 Å². The Morgan fingerprint density at radius 2 is 1.62 bits per heavy atom. The zero-order chi connectivity index (χ0) is 22.4. The first-order chi connectivity index (χ1) is 15.5. The highest BCUT2D eigenvalue weighted by Gasteiger charge is 2.60. The van der Waals surface area contributed by atoms with E-state index < -0.39 is 35.7 Å². The second kappa shape index (κ2) is 7.65. The van der Waals surface area contributed by atoms with Crippen LogP contribution in [0.15, 0.2) is 72.8 Å². The van der Waals surface area contributed by atoms with E-state index in [1.807, 2.05) is 18.2 Å². The lowest BCUT2D eigenvalue weighted by molar-refractivity contribution is -0.126. The molecule has 5 rings (SSSR count). The summed E-state index contributed by atoms with van der Waals surface area (Å²) >= 11 is 0. The van der Waals surface area contributed by atoms with Crippen molar-refractivity contribution in [1.82, 2.24) is 0 Å². The van der Waals surface area contributed by atoms with Crippen LogP contribution in [0.25, 0.3) is 0 Å². The molecule has 162 valence electrons. The van der Waals surface area contributed by atoms with Crippen molar-refractivity contribution >= 4 is 23.2 Å². The van der Waals surface area contributed by atoms with Crippen molar-refractivity contribution in [1.29, 1.82) is 0 Å². The molecule has 32 heavy (non-hydrogen) atoms. The standard InChI is InChI=1S/C24H19FN2O5/c1-31-18-9-5-8-17(21(18)28)20-19-22(32-27(20)16-6-3-2-4-7-16)24(30)26(23(19)29)15-12-10-14(25)11-13-15/h2-13,19-20,22,28H,1H3/t19-,20-,22+/m0/s1. The smallest absolute Gasteiger partial charge is 0.266 e. The van der Waals surface area contributed by atoms with Crippen molar-refractivity contribution in [2.45, 2.75) is 12.1 Å². The Kier molecular flexibility index (Phi) is 4.79. The van der Waals surface area contributed by atoms with E-state index in [-0.39, 0.29) is 17.2 Å². The normalized spacial score (nSPS) is 22.4. The van der Waals surface area contributed by atoms with Crippen LogP contribution in [0.3, 0.4) is 0 Å². The first kappa shape index (κ1) is 20.0. The Bertz CT molecular complexity index is 1180. The Balaban J connectivity index is 1.62. The first-order valence-electron chi connectivity index (χ1n) is 10.0. The van der Waals surface area contributed by atoms with Gasteiger partial charge in [0.15, 0.2) is 17.6 Å². The molecule has 3 atom stereocenters. The molecule has 3 aromatic rings. The number of para-hydroxylation sites is 2. The molecule has 2 amide bonds. The van der Waals surface area contributed by atoms with E-state index in [1.54, 1.807) is 30.3 Å². The number of phenolic OH excluding ortho intramolecular Hbond substituents is 1. The fourth-order valence-electron chi connectivity index (χ4n) is 4.32. The molecule has 1 N–H and O–H groups in total. The molecular formula is C24H19FN2O5. The van der Waals surface area contributed by atoms with Gasteiger partial charge in [0.2, 0.25) is 5.91 Å². The molecule has 0 saturated carbocycles. The van der Waals surface area contributed by atoms with E-state index in [0.717, 1.165) is 4.90 Å². The lowest BCUT2D eigenvalue weighted by atomic mass is 9.90. The van der Waals surface area contributed by atoms with E-state index in [0.29, 0.717) is 11.3 Å². The van der Waals surface area contributed by atoms with Crippen LogP contribution in [0.4, 0.5) is 15.8 Å². The Morgan fingerprint density at radius 3 is 2.31 bits per heavy atom. The van der Waals surface area contributed by atoms with Gasteiger partial charge in [-0.3, -0.25) is 14.4 Å². The third kappa shape index (κ3) is 2.99. The number of hydrogen-bond donors (Lipinski definition) is 1. The van der Waals surface area contributed by atoms with Crippen LogP contribution in [0, 0.1) is 11.7 Å². The van der Waals surface area contributed by atoms with Crippen molar-refractivity contribution in [2.75, 3.05) is 17.1 Å². The van der Waals surface area contributed by atoms with Crippen LogP contribution in [-0.2, 0) is 14.4 Å². The highest BCUT2D eigenvalue weighted by molar-refractivity contribution is 6.23. The van der Waals surface area contributed by atoms with Crippen molar-refractivity contribution in [3.8, 4) is 11.5 Å². The van der Waals surface area contributed by atoms with E-state index in [4.69, 9.17) is 9.57 Å². The lowest BCUT2D eigenvalue weighted by Gasteiger charge is -2.29. The van der Waals surface area contributed by atoms with E-state index in [1.165, 1.54) is 36.4 Å². The maximum Gasteiger partial charge on any atom is 0.266 e. The summed E-state index contributed by atoms with van der Waals surface area (Å²) in [4.78, 5) is 33.8. The second-order valence-corrected chi connectivity index (χ2v) is 7.54. The number of hydroxylamine groups is 1. The number of anilines is 2. The highest BCUT2D eigenvalue weighted by atomic mass is 19.1. The molecule has 0 aromatic heterocycles. The minimum absolute atomic E-state index is 0.134. The molecular weight excluding hydrogens is 415 g/mol. The quantitative estimate of drug-likeness (QED) is 0.633. The number of aromatic hydroxyl groups is 1. The molecule has 2 saturated heterocycles. The number of carbonyl (C=O) groups excluding carboxylic acids is 2. The Hall–Kier alpha value is -3.91. The minimum Gasteiger partial charge on any atom is -0.504 e. The minimum atomic E-state index is -1.09. The molecule has 2 heterocycles. The van der Waals surface area contributed by atoms with Crippen LogP contribution in [-0.4, -0.2) is 30.1 Å². The van der Waals surface area contributed by atoms with Crippen molar-refractivity contribution in [2.24, 2.45) is 5.92 Å². The van der Waals surface area contributed by atoms with Gasteiger partial charge < -0.3 is 9.84 Å². The van der Waals surface area contributed by atoms with Gasteiger partial charge in [0.25, 0.3) is 5.91 Å². The molecule has 7 nitrogen and oxygen atoms in total. The molecule has 0 spiro atoms. The van der Waals surface area contributed by atoms with Gasteiger partial charge in [0.1, 0.15) is 17.8 Å². The Labute approximate surface area is 183 Å². The highest BCUT2D eigenvalue weighted by Crippen LogP contribution is 2.50. The maximum absolute atomic E-state index is 13.5. The number of nitrogens with zero attached hydrogens (tertiary/aromatic N) is 2. The molecule has 8 heteroatoms. The second-order valence-electron chi connectivity index (χ2n) is 7.54. The summed E-state index contributed by atoms with van der Waals surface area (Å²) in [7, 11) is 1.43. The fourth-order valence-corrected chi connectivity index (χ4v) is 4.32. The van der Waals surface area contributed by atoms with Crippen LogP contribution >= 0.6 is 0 Å². The summed E-state index contributed by atoms with van der Waals surface area (Å²) in [5.41, 5.74) is 1.28. The molecule has 0 radical (unpaired) electrons. The zero-order valence-electron chi connectivity index (χ0n) is 17.0. The van der Waals surface area contributed by atoms with Crippen LogP contribution in [0.1, 0.15) is 11.6 Å². The largest absolute Gasteiger partial charge is 0.504 e. The fraction of sp³-hybridized carbons (Fsp3) is 0.167. The van der Waals surface area contributed by atoms with Gasteiger partial charge in [-0.25, -0.2) is 14.4 Å².